The summed E-state index contributed by atoms with van der Waals surface area (Å²) in [6.45, 7) is 2.02. The van der Waals surface area contributed by atoms with Gasteiger partial charge in [-0.2, -0.15) is 0 Å². The van der Waals surface area contributed by atoms with E-state index in [1.54, 1.807) is 49.4 Å². The van der Waals surface area contributed by atoms with E-state index in [-0.39, 0.29) is 5.75 Å². The summed E-state index contributed by atoms with van der Waals surface area (Å²) >= 11 is 0. The smallest absolute Gasteiger partial charge is 0.417 e. The Morgan fingerprint density at radius 2 is 1.81 bits per heavy atom. The van der Waals surface area contributed by atoms with E-state index in [9.17, 15) is 9.59 Å². The zero-order valence-corrected chi connectivity index (χ0v) is 11.5. The van der Waals surface area contributed by atoms with Crippen LogP contribution in [0.15, 0.2) is 54.6 Å². The molecule has 0 atom stereocenters. The minimum Gasteiger partial charge on any atom is -0.462 e. The van der Waals surface area contributed by atoms with E-state index in [0.717, 1.165) is 0 Å². The van der Waals surface area contributed by atoms with Crippen molar-refractivity contribution in [2.75, 3.05) is 11.9 Å². The van der Waals surface area contributed by atoms with Gasteiger partial charge in [0.1, 0.15) is 5.75 Å². The second-order valence-corrected chi connectivity index (χ2v) is 4.13. The van der Waals surface area contributed by atoms with Crippen molar-refractivity contribution in [3.8, 4) is 5.75 Å². The highest BCUT2D eigenvalue weighted by Crippen LogP contribution is 2.15. The molecular weight excluding hydrogens is 270 g/mol. The lowest BCUT2D eigenvalue weighted by Gasteiger charge is -2.07. The van der Waals surface area contributed by atoms with Crippen LogP contribution in [0.5, 0.6) is 5.75 Å². The quantitative estimate of drug-likeness (QED) is 0.873. The lowest BCUT2D eigenvalue weighted by Crippen LogP contribution is -2.16. The molecule has 1 N–H and O–H groups in total. The van der Waals surface area contributed by atoms with Gasteiger partial charge in [0.25, 0.3) is 0 Å². The number of esters is 1. The summed E-state index contributed by atoms with van der Waals surface area (Å²) in [6, 6.07) is 15.2. The predicted octanol–water partition coefficient (Wildman–Crippen LogP) is 3.47. The van der Waals surface area contributed by atoms with Gasteiger partial charge in [0.15, 0.2) is 0 Å². The van der Waals surface area contributed by atoms with E-state index >= 15 is 0 Å². The summed E-state index contributed by atoms with van der Waals surface area (Å²) in [5, 5.41) is 2.59. The van der Waals surface area contributed by atoms with Crippen LogP contribution < -0.4 is 10.1 Å². The monoisotopic (exact) mass is 285 g/mol. The summed E-state index contributed by atoms with van der Waals surface area (Å²) in [7, 11) is 0. The van der Waals surface area contributed by atoms with Crippen LogP contribution in [0.1, 0.15) is 17.3 Å². The number of hydrogen-bond donors (Lipinski definition) is 1. The Morgan fingerprint density at radius 3 is 2.52 bits per heavy atom. The van der Waals surface area contributed by atoms with E-state index < -0.39 is 12.1 Å². The van der Waals surface area contributed by atoms with Crippen LogP contribution in [0.2, 0.25) is 0 Å². The first kappa shape index (κ1) is 14.6. The standard InChI is InChI=1S/C16H15NO4/c1-2-20-15(18)12-7-6-10-14(11-12)21-16(19)17-13-8-4-3-5-9-13/h3-11H,2H2,1H3,(H,17,19). The van der Waals surface area contributed by atoms with Gasteiger partial charge in [0.05, 0.1) is 12.2 Å². The van der Waals surface area contributed by atoms with Gasteiger partial charge < -0.3 is 9.47 Å². The van der Waals surface area contributed by atoms with Crippen molar-refractivity contribution in [1.82, 2.24) is 0 Å². The fraction of sp³-hybridized carbons (Fsp3) is 0.125. The van der Waals surface area contributed by atoms with Crippen molar-refractivity contribution in [2.45, 2.75) is 6.92 Å². The van der Waals surface area contributed by atoms with Crippen molar-refractivity contribution in [2.24, 2.45) is 0 Å². The maximum absolute atomic E-state index is 11.7. The molecule has 0 saturated heterocycles. The number of benzene rings is 2. The van der Waals surface area contributed by atoms with E-state index in [0.29, 0.717) is 17.9 Å². The molecule has 0 unspecified atom stereocenters. The van der Waals surface area contributed by atoms with Crippen molar-refractivity contribution in [3.05, 3.63) is 60.2 Å². The Kier molecular flexibility index (Phi) is 4.93. The molecule has 108 valence electrons. The lowest BCUT2D eigenvalue weighted by molar-refractivity contribution is 0.0526. The van der Waals surface area contributed by atoms with Crippen LogP contribution in [0.3, 0.4) is 0 Å². The Bertz CT molecular complexity index is 625. The molecule has 2 aromatic carbocycles. The van der Waals surface area contributed by atoms with Crippen LogP contribution in [0.25, 0.3) is 0 Å². The Labute approximate surface area is 122 Å². The first-order chi connectivity index (χ1) is 10.2. The van der Waals surface area contributed by atoms with E-state index in [2.05, 4.69) is 5.32 Å². The lowest BCUT2D eigenvalue weighted by atomic mass is 10.2. The zero-order chi connectivity index (χ0) is 15.1. The number of carbonyl (C=O) groups is 2. The van der Waals surface area contributed by atoms with Gasteiger partial charge in [-0.15, -0.1) is 0 Å². The molecule has 1 amide bonds. The van der Waals surface area contributed by atoms with Crippen LogP contribution in [0, 0.1) is 0 Å². The van der Waals surface area contributed by atoms with E-state index in [1.807, 2.05) is 6.07 Å². The van der Waals surface area contributed by atoms with Crippen molar-refractivity contribution >= 4 is 17.7 Å². The molecule has 2 rings (SSSR count). The first-order valence-electron chi connectivity index (χ1n) is 6.50. The fourth-order valence-corrected chi connectivity index (χ4v) is 1.67. The average molecular weight is 285 g/mol. The molecule has 0 saturated carbocycles. The minimum absolute atomic E-state index is 0.272. The molecule has 5 heteroatoms. The number of anilines is 1. The molecule has 0 spiro atoms. The van der Waals surface area contributed by atoms with Gasteiger partial charge in [-0.25, -0.2) is 9.59 Å². The molecule has 21 heavy (non-hydrogen) atoms. The highest BCUT2D eigenvalue weighted by molar-refractivity contribution is 5.90. The van der Waals surface area contributed by atoms with E-state index in [1.165, 1.54) is 6.07 Å². The van der Waals surface area contributed by atoms with Crippen LogP contribution in [-0.4, -0.2) is 18.7 Å². The third kappa shape index (κ3) is 4.35. The number of rotatable bonds is 4. The summed E-state index contributed by atoms with van der Waals surface area (Å²) < 4.78 is 10.0. The normalized spacial score (nSPS) is 9.76. The van der Waals surface area contributed by atoms with Gasteiger partial charge in [-0.3, -0.25) is 5.32 Å². The first-order valence-corrected chi connectivity index (χ1v) is 6.50. The number of hydrogen-bond acceptors (Lipinski definition) is 4. The number of nitrogens with one attached hydrogen (secondary N) is 1. The van der Waals surface area contributed by atoms with Gasteiger partial charge in [0, 0.05) is 5.69 Å². The Morgan fingerprint density at radius 1 is 1.05 bits per heavy atom. The summed E-state index contributed by atoms with van der Waals surface area (Å²) in [5.41, 5.74) is 0.964. The summed E-state index contributed by atoms with van der Waals surface area (Å²) in [4.78, 5) is 23.3. The third-order valence-electron chi connectivity index (χ3n) is 2.58. The Hall–Kier alpha value is -2.82. The molecule has 0 radical (unpaired) electrons. The maximum Gasteiger partial charge on any atom is 0.417 e. The van der Waals surface area contributed by atoms with Crippen LogP contribution in [-0.2, 0) is 4.74 Å². The van der Waals surface area contributed by atoms with Gasteiger partial charge >= 0.3 is 12.1 Å². The molecule has 0 heterocycles. The zero-order valence-electron chi connectivity index (χ0n) is 11.5. The second kappa shape index (κ2) is 7.09. The van der Waals surface area contributed by atoms with Crippen molar-refractivity contribution in [3.63, 3.8) is 0 Å². The average Bonchev–Trinajstić information content (AvgIpc) is 2.48. The summed E-state index contributed by atoms with van der Waals surface area (Å²) in [6.07, 6.45) is -0.623. The van der Waals surface area contributed by atoms with Gasteiger partial charge in [-0.05, 0) is 37.3 Å². The second-order valence-electron chi connectivity index (χ2n) is 4.13. The molecule has 2 aromatic rings. The number of ether oxygens (including phenoxy) is 2. The number of amides is 1. The van der Waals surface area contributed by atoms with Crippen molar-refractivity contribution < 1.29 is 19.1 Å². The summed E-state index contributed by atoms with van der Waals surface area (Å²) in [5.74, 6) is -0.180. The highest BCUT2D eigenvalue weighted by atomic mass is 16.6. The molecule has 5 nitrogen and oxygen atoms in total. The predicted molar refractivity (Wildman–Crippen MR) is 78.5 cm³/mol. The Balaban J connectivity index is 2.01. The molecule has 0 aromatic heterocycles. The third-order valence-corrected chi connectivity index (χ3v) is 2.58. The molecule has 0 bridgehead atoms. The number of para-hydroxylation sites is 1. The molecular formula is C16H15NO4. The SMILES string of the molecule is CCOC(=O)c1cccc(OC(=O)Nc2ccccc2)c1. The number of carbonyl (C=O) groups excluding carboxylic acids is 2. The minimum atomic E-state index is -0.623. The topological polar surface area (TPSA) is 64.6 Å². The molecule has 0 aliphatic heterocycles. The molecule has 0 fully saturated rings. The maximum atomic E-state index is 11.7. The van der Waals surface area contributed by atoms with E-state index in [4.69, 9.17) is 9.47 Å². The largest absolute Gasteiger partial charge is 0.462 e. The van der Waals surface area contributed by atoms with Crippen molar-refractivity contribution in [1.29, 1.82) is 0 Å². The van der Waals surface area contributed by atoms with Gasteiger partial charge in [-0.1, -0.05) is 24.3 Å². The molecule has 0 aliphatic carbocycles. The fourth-order valence-electron chi connectivity index (χ4n) is 1.67. The van der Waals surface area contributed by atoms with Crippen LogP contribution in [0.4, 0.5) is 10.5 Å². The molecule has 0 aliphatic rings. The van der Waals surface area contributed by atoms with Gasteiger partial charge in [0.2, 0.25) is 0 Å². The highest BCUT2D eigenvalue weighted by Gasteiger charge is 2.10. The van der Waals surface area contributed by atoms with Crippen LogP contribution >= 0.6 is 0 Å².